The third-order valence-corrected chi connectivity index (χ3v) is 3.85. The number of nitrogens with one attached hydrogen (secondary N) is 1. The topological polar surface area (TPSA) is 78.6 Å². The van der Waals surface area contributed by atoms with Crippen molar-refractivity contribution >= 4 is 23.1 Å². The van der Waals surface area contributed by atoms with Crippen LogP contribution in [0.1, 0.15) is 24.2 Å². The summed E-state index contributed by atoms with van der Waals surface area (Å²) < 4.78 is 0. The minimum atomic E-state index is -0.635. The van der Waals surface area contributed by atoms with E-state index < -0.39 is 6.10 Å². The number of hydrogen-bond donors (Lipinski definition) is 3. The molecular formula is C14H19N3O2S. The largest absolute Gasteiger partial charge is 0.389 e. The lowest BCUT2D eigenvalue weighted by Gasteiger charge is -2.34. The SMILES string of the molecule is CC1C(=O)NCCN1CC(O)c1ccc(C(N)=S)cc1. The fraction of sp³-hybridized carbons (Fsp3) is 0.429. The first-order valence-corrected chi connectivity index (χ1v) is 6.99. The summed E-state index contributed by atoms with van der Waals surface area (Å²) in [6.45, 7) is 3.64. The van der Waals surface area contributed by atoms with Gasteiger partial charge in [0.1, 0.15) is 4.99 Å². The number of nitrogens with two attached hydrogens (primary N) is 1. The zero-order chi connectivity index (χ0) is 14.7. The van der Waals surface area contributed by atoms with E-state index >= 15 is 0 Å². The first-order valence-electron chi connectivity index (χ1n) is 6.58. The second-order valence-electron chi connectivity index (χ2n) is 4.96. The molecule has 2 atom stereocenters. The van der Waals surface area contributed by atoms with Crippen LogP contribution in [0.4, 0.5) is 0 Å². The van der Waals surface area contributed by atoms with Gasteiger partial charge in [-0.05, 0) is 12.5 Å². The Morgan fingerprint density at radius 1 is 1.55 bits per heavy atom. The number of hydrogen-bond acceptors (Lipinski definition) is 4. The number of benzene rings is 1. The zero-order valence-electron chi connectivity index (χ0n) is 11.4. The summed E-state index contributed by atoms with van der Waals surface area (Å²) in [6, 6.07) is 7.01. The monoisotopic (exact) mass is 293 g/mol. The van der Waals surface area contributed by atoms with E-state index in [2.05, 4.69) is 5.32 Å². The summed E-state index contributed by atoms with van der Waals surface area (Å²) in [5, 5.41) is 13.1. The summed E-state index contributed by atoms with van der Waals surface area (Å²) >= 11 is 4.89. The van der Waals surface area contributed by atoms with Crippen LogP contribution in [0.5, 0.6) is 0 Å². The van der Waals surface area contributed by atoms with Gasteiger partial charge < -0.3 is 16.2 Å². The molecule has 5 nitrogen and oxygen atoms in total. The molecule has 1 aliphatic rings. The Balaban J connectivity index is 2.02. The first-order chi connectivity index (χ1) is 9.49. The molecular weight excluding hydrogens is 274 g/mol. The number of aliphatic hydroxyl groups excluding tert-OH is 1. The fourth-order valence-corrected chi connectivity index (χ4v) is 2.41. The van der Waals surface area contributed by atoms with Crippen molar-refractivity contribution in [3.05, 3.63) is 35.4 Å². The predicted octanol–water partition coefficient (Wildman–Crippen LogP) is 0.175. The molecule has 1 aliphatic heterocycles. The van der Waals surface area contributed by atoms with Gasteiger partial charge >= 0.3 is 0 Å². The number of amides is 1. The van der Waals surface area contributed by atoms with Crippen molar-refractivity contribution in [1.29, 1.82) is 0 Å². The third-order valence-electron chi connectivity index (χ3n) is 3.61. The average Bonchev–Trinajstić information content (AvgIpc) is 2.44. The Labute approximate surface area is 123 Å². The van der Waals surface area contributed by atoms with Gasteiger partial charge in [0.15, 0.2) is 0 Å². The lowest BCUT2D eigenvalue weighted by atomic mass is 10.1. The highest BCUT2D eigenvalue weighted by Gasteiger charge is 2.27. The second-order valence-corrected chi connectivity index (χ2v) is 5.40. The molecule has 1 aromatic rings. The van der Waals surface area contributed by atoms with Crippen LogP contribution in [0.3, 0.4) is 0 Å². The van der Waals surface area contributed by atoms with Gasteiger partial charge in [0.25, 0.3) is 0 Å². The van der Waals surface area contributed by atoms with Gasteiger partial charge in [0.2, 0.25) is 5.91 Å². The van der Waals surface area contributed by atoms with E-state index in [4.69, 9.17) is 18.0 Å². The fourth-order valence-electron chi connectivity index (χ4n) is 2.28. The standard InChI is InChI=1S/C14H19N3O2S/c1-9-14(19)16-6-7-17(9)8-12(18)10-2-4-11(5-3-10)13(15)20/h2-5,9,12,18H,6-8H2,1H3,(H2,15,20)(H,16,19). The number of rotatable bonds is 4. The smallest absolute Gasteiger partial charge is 0.237 e. The van der Waals surface area contributed by atoms with E-state index in [0.29, 0.717) is 18.1 Å². The number of β-amino-alcohol motifs (C(OH)–C–C–N with tert-alkyl or cyclic N) is 1. The summed E-state index contributed by atoms with van der Waals surface area (Å²) in [6.07, 6.45) is -0.635. The van der Waals surface area contributed by atoms with Gasteiger partial charge in [-0.25, -0.2) is 0 Å². The molecule has 0 aliphatic carbocycles. The summed E-state index contributed by atoms with van der Waals surface area (Å²) in [7, 11) is 0. The first kappa shape index (κ1) is 14.9. The van der Waals surface area contributed by atoms with Crippen molar-refractivity contribution in [2.24, 2.45) is 5.73 Å². The molecule has 0 spiro atoms. The lowest BCUT2D eigenvalue weighted by molar-refractivity contribution is -0.128. The van der Waals surface area contributed by atoms with Crippen LogP contribution < -0.4 is 11.1 Å². The Bertz CT molecular complexity index is 504. The number of carbonyl (C=O) groups excluding carboxylic acids is 1. The van der Waals surface area contributed by atoms with Gasteiger partial charge in [-0.1, -0.05) is 36.5 Å². The van der Waals surface area contributed by atoms with Gasteiger partial charge in [-0.15, -0.1) is 0 Å². The van der Waals surface area contributed by atoms with Crippen LogP contribution in [0.25, 0.3) is 0 Å². The zero-order valence-corrected chi connectivity index (χ0v) is 12.2. The van der Waals surface area contributed by atoms with Crippen LogP contribution >= 0.6 is 12.2 Å². The molecule has 2 rings (SSSR count). The van der Waals surface area contributed by atoms with E-state index in [1.54, 1.807) is 12.1 Å². The molecule has 6 heteroatoms. The number of aliphatic hydroxyl groups is 1. The molecule has 108 valence electrons. The summed E-state index contributed by atoms with van der Waals surface area (Å²) in [5.74, 6) is 0.00674. The molecule has 2 unspecified atom stereocenters. The van der Waals surface area contributed by atoms with Crippen LogP contribution in [0, 0.1) is 0 Å². The molecule has 1 heterocycles. The molecule has 1 fully saturated rings. The highest BCUT2D eigenvalue weighted by Crippen LogP contribution is 2.17. The Hall–Kier alpha value is -1.50. The second kappa shape index (κ2) is 6.30. The minimum absolute atomic E-state index is 0.00674. The molecule has 0 radical (unpaired) electrons. The molecule has 1 aromatic carbocycles. The highest BCUT2D eigenvalue weighted by atomic mass is 32.1. The predicted molar refractivity (Wildman–Crippen MR) is 81.3 cm³/mol. The third kappa shape index (κ3) is 3.33. The Morgan fingerprint density at radius 3 is 2.80 bits per heavy atom. The van der Waals surface area contributed by atoms with Crippen molar-refractivity contribution in [3.8, 4) is 0 Å². The maximum Gasteiger partial charge on any atom is 0.237 e. The number of nitrogens with zero attached hydrogens (tertiary/aromatic N) is 1. The van der Waals surface area contributed by atoms with Gasteiger partial charge in [-0.3, -0.25) is 9.69 Å². The number of piperazine rings is 1. The normalized spacial score (nSPS) is 21.3. The van der Waals surface area contributed by atoms with Crippen molar-refractivity contribution in [2.45, 2.75) is 19.1 Å². The molecule has 0 saturated carbocycles. The average molecular weight is 293 g/mol. The molecule has 0 bridgehead atoms. The van der Waals surface area contributed by atoms with Crippen molar-refractivity contribution in [1.82, 2.24) is 10.2 Å². The molecule has 1 amide bonds. The maximum atomic E-state index is 11.6. The molecule has 20 heavy (non-hydrogen) atoms. The van der Waals surface area contributed by atoms with Crippen molar-refractivity contribution in [2.75, 3.05) is 19.6 Å². The summed E-state index contributed by atoms with van der Waals surface area (Å²) in [5.41, 5.74) is 7.11. The molecule has 1 saturated heterocycles. The van der Waals surface area contributed by atoms with E-state index in [1.165, 1.54) is 0 Å². The van der Waals surface area contributed by atoms with Gasteiger partial charge in [-0.2, -0.15) is 0 Å². The van der Waals surface area contributed by atoms with Crippen molar-refractivity contribution < 1.29 is 9.90 Å². The quantitative estimate of drug-likeness (QED) is 0.690. The van der Waals surface area contributed by atoms with E-state index in [9.17, 15) is 9.90 Å². The highest BCUT2D eigenvalue weighted by molar-refractivity contribution is 7.80. The van der Waals surface area contributed by atoms with Crippen LogP contribution in [-0.4, -0.2) is 46.6 Å². The van der Waals surface area contributed by atoms with Gasteiger partial charge in [0.05, 0.1) is 12.1 Å². The molecule has 0 aromatic heterocycles. The van der Waals surface area contributed by atoms with Crippen LogP contribution in [0.15, 0.2) is 24.3 Å². The van der Waals surface area contributed by atoms with Crippen LogP contribution in [-0.2, 0) is 4.79 Å². The van der Waals surface area contributed by atoms with Gasteiger partial charge in [0, 0.05) is 25.2 Å². The number of thiocarbonyl (C=S) groups is 1. The van der Waals surface area contributed by atoms with Crippen molar-refractivity contribution in [3.63, 3.8) is 0 Å². The maximum absolute atomic E-state index is 11.6. The van der Waals surface area contributed by atoms with E-state index in [-0.39, 0.29) is 11.9 Å². The van der Waals surface area contributed by atoms with E-state index in [1.807, 2.05) is 24.0 Å². The Morgan fingerprint density at radius 2 is 2.20 bits per heavy atom. The molecule has 4 N–H and O–H groups in total. The summed E-state index contributed by atoms with van der Waals surface area (Å²) in [4.78, 5) is 13.9. The Kier molecular flexibility index (Phi) is 4.69. The van der Waals surface area contributed by atoms with Crippen LogP contribution in [0.2, 0.25) is 0 Å². The lowest BCUT2D eigenvalue weighted by Crippen LogP contribution is -2.54. The van der Waals surface area contributed by atoms with E-state index in [0.717, 1.165) is 17.7 Å². The number of carbonyl (C=O) groups is 1. The minimum Gasteiger partial charge on any atom is -0.389 e.